The van der Waals surface area contributed by atoms with E-state index in [1.807, 2.05) is 13.8 Å². The number of aliphatic hydroxyl groups is 2. The highest BCUT2D eigenvalue weighted by molar-refractivity contribution is 5.23. The summed E-state index contributed by atoms with van der Waals surface area (Å²) in [6.45, 7) is 10.9. The summed E-state index contributed by atoms with van der Waals surface area (Å²) in [6, 6.07) is 8.36. The van der Waals surface area contributed by atoms with E-state index in [0.717, 1.165) is 12.8 Å². The Bertz CT molecular complexity index is 247. The zero-order valence-electron chi connectivity index (χ0n) is 12.6. The third-order valence-electron chi connectivity index (χ3n) is 2.30. The summed E-state index contributed by atoms with van der Waals surface area (Å²) in [5, 5.41) is 16.2. The van der Waals surface area contributed by atoms with E-state index in [1.54, 1.807) is 0 Å². The predicted molar refractivity (Wildman–Crippen MR) is 79.8 cm³/mol. The van der Waals surface area contributed by atoms with Gasteiger partial charge in [-0.25, -0.2) is 0 Å². The van der Waals surface area contributed by atoms with Crippen molar-refractivity contribution in [2.45, 2.75) is 47.5 Å². The summed E-state index contributed by atoms with van der Waals surface area (Å²) < 4.78 is 0. The zero-order chi connectivity index (χ0) is 14.4. The standard InChI is InChI=1S/C8H10.2C4H10O/c1-7-5-3-4-6-8(7)2;1-4(2)3-5;1-2-3-4-5/h3-6H,1-2H3;4-5H,3H2,1-2H3;5H,2-4H2,1H3. The van der Waals surface area contributed by atoms with Gasteiger partial charge >= 0.3 is 0 Å². The molecule has 2 nitrogen and oxygen atoms in total. The van der Waals surface area contributed by atoms with Gasteiger partial charge in [-0.1, -0.05) is 51.5 Å². The van der Waals surface area contributed by atoms with Crippen LogP contribution in [-0.2, 0) is 0 Å². The highest BCUT2D eigenvalue weighted by Crippen LogP contribution is 2.02. The van der Waals surface area contributed by atoms with Crippen LogP contribution >= 0.6 is 0 Å². The fourth-order valence-electron chi connectivity index (χ4n) is 0.821. The lowest BCUT2D eigenvalue weighted by atomic mass is 10.1. The topological polar surface area (TPSA) is 40.5 Å². The van der Waals surface area contributed by atoms with Gasteiger partial charge in [-0.2, -0.15) is 0 Å². The SMILES string of the molecule is CC(C)CO.CCCCO.Cc1ccccc1C. The number of aliphatic hydroxyl groups excluding tert-OH is 2. The Morgan fingerprint density at radius 3 is 1.50 bits per heavy atom. The maximum Gasteiger partial charge on any atom is 0.0453 e. The van der Waals surface area contributed by atoms with Gasteiger partial charge in [0.05, 0.1) is 0 Å². The number of benzene rings is 1. The Balaban J connectivity index is 0. The summed E-state index contributed by atoms with van der Waals surface area (Å²) in [4.78, 5) is 0. The van der Waals surface area contributed by atoms with Crippen LogP contribution in [0.3, 0.4) is 0 Å². The third-order valence-corrected chi connectivity index (χ3v) is 2.30. The lowest BCUT2D eigenvalue weighted by Gasteiger charge is -1.93. The van der Waals surface area contributed by atoms with Crippen LogP contribution in [0.1, 0.15) is 44.7 Å². The number of hydrogen-bond donors (Lipinski definition) is 2. The van der Waals surface area contributed by atoms with Gasteiger partial charge in [0.25, 0.3) is 0 Å². The summed E-state index contributed by atoms with van der Waals surface area (Å²) in [5.74, 6) is 0.440. The van der Waals surface area contributed by atoms with Crippen LogP contribution in [0.15, 0.2) is 24.3 Å². The fraction of sp³-hybridized carbons (Fsp3) is 0.625. The maximum atomic E-state index is 8.14. The minimum Gasteiger partial charge on any atom is -0.396 e. The van der Waals surface area contributed by atoms with Gasteiger partial charge in [-0.05, 0) is 37.3 Å². The van der Waals surface area contributed by atoms with E-state index in [2.05, 4.69) is 45.0 Å². The summed E-state index contributed by atoms with van der Waals surface area (Å²) in [6.07, 6.45) is 2.04. The molecule has 0 heterocycles. The Hall–Kier alpha value is -0.860. The van der Waals surface area contributed by atoms with E-state index < -0.39 is 0 Å². The maximum absolute atomic E-state index is 8.14. The number of hydrogen-bond acceptors (Lipinski definition) is 2. The van der Waals surface area contributed by atoms with E-state index in [1.165, 1.54) is 11.1 Å². The molecule has 0 atom stereocenters. The average molecular weight is 254 g/mol. The Kier molecular flexibility index (Phi) is 15.4. The lowest BCUT2D eigenvalue weighted by Crippen LogP contribution is -1.90. The van der Waals surface area contributed by atoms with Crippen molar-refractivity contribution in [3.63, 3.8) is 0 Å². The van der Waals surface area contributed by atoms with Gasteiger partial charge < -0.3 is 10.2 Å². The summed E-state index contributed by atoms with van der Waals surface area (Å²) in [7, 11) is 0. The third kappa shape index (κ3) is 15.1. The van der Waals surface area contributed by atoms with Crippen molar-refractivity contribution < 1.29 is 10.2 Å². The molecule has 0 aliphatic rings. The molecule has 2 N–H and O–H groups in total. The van der Waals surface area contributed by atoms with E-state index in [9.17, 15) is 0 Å². The van der Waals surface area contributed by atoms with Crippen LogP contribution in [0.25, 0.3) is 0 Å². The molecule has 18 heavy (non-hydrogen) atoms. The van der Waals surface area contributed by atoms with Crippen LogP contribution in [0.5, 0.6) is 0 Å². The molecule has 1 aromatic carbocycles. The number of unbranched alkanes of at least 4 members (excludes halogenated alkanes) is 1. The monoisotopic (exact) mass is 254 g/mol. The van der Waals surface area contributed by atoms with Crippen molar-refractivity contribution >= 4 is 0 Å². The highest BCUT2D eigenvalue weighted by atomic mass is 16.3. The van der Waals surface area contributed by atoms with E-state index in [-0.39, 0.29) is 0 Å². The van der Waals surface area contributed by atoms with Crippen molar-refractivity contribution in [1.82, 2.24) is 0 Å². The molecule has 0 aliphatic carbocycles. The lowest BCUT2D eigenvalue weighted by molar-refractivity contribution is 0.248. The summed E-state index contributed by atoms with van der Waals surface area (Å²) in [5.41, 5.74) is 2.74. The molecule has 0 saturated heterocycles. The molecule has 0 amide bonds. The van der Waals surface area contributed by atoms with Crippen molar-refractivity contribution in [2.24, 2.45) is 5.92 Å². The largest absolute Gasteiger partial charge is 0.396 e. The summed E-state index contributed by atoms with van der Waals surface area (Å²) >= 11 is 0. The van der Waals surface area contributed by atoms with E-state index in [0.29, 0.717) is 19.1 Å². The molecule has 0 aromatic heterocycles. The van der Waals surface area contributed by atoms with Gasteiger partial charge in [0.1, 0.15) is 0 Å². The Morgan fingerprint density at radius 2 is 1.39 bits per heavy atom. The molecule has 0 aliphatic heterocycles. The second-order valence-electron chi connectivity index (χ2n) is 4.74. The predicted octanol–water partition coefficient (Wildman–Crippen LogP) is 3.72. The molecule has 106 valence electrons. The molecule has 0 saturated carbocycles. The average Bonchev–Trinajstić information content (AvgIpc) is 2.35. The second-order valence-corrected chi connectivity index (χ2v) is 4.74. The van der Waals surface area contributed by atoms with Crippen molar-refractivity contribution in [3.05, 3.63) is 35.4 Å². The van der Waals surface area contributed by atoms with Crippen LogP contribution in [-0.4, -0.2) is 23.4 Å². The molecule has 0 radical (unpaired) electrons. The quantitative estimate of drug-likeness (QED) is 0.863. The van der Waals surface area contributed by atoms with Gasteiger partial charge in [-0.3, -0.25) is 0 Å². The molecule has 0 fully saturated rings. The molecular formula is C16H30O2. The van der Waals surface area contributed by atoms with Crippen molar-refractivity contribution in [1.29, 1.82) is 0 Å². The first-order valence-electron chi connectivity index (χ1n) is 6.73. The van der Waals surface area contributed by atoms with Crippen LogP contribution < -0.4 is 0 Å². The van der Waals surface area contributed by atoms with E-state index in [4.69, 9.17) is 10.2 Å². The first kappa shape index (κ1) is 19.5. The number of rotatable bonds is 3. The molecule has 0 unspecified atom stereocenters. The molecule has 0 bridgehead atoms. The first-order valence-corrected chi connectivity index (χ1v) is 6.73. The minimum absolute atomic E-state index is 0.306. The van der Waals surface area contributed by atoms with Crippen molar-refractivity contribution in [3.8, 4) is 0 Å². The Labute approximate surface area is 113 Å². The van der Waals surface area contributed by atoms with Crippen molar-refractivity contribution in [2.75, 3.05) is 13.2 Å². The molecular weight excluding hydrogens is 224 g/mol. The molecule has 0 spiro atoms. The normalized spacial score (nSPS) is 9.11. The highest BCUT2D eigenvalue weighted by Gasteiger charge is 1.84. The molecule has 1 rings (SSSR count). The van der Waals surface area contributed by atoms with E-state index >= 15 is 0 Å². The smallest absolute Gasteiger partial charge is 0.0453 e. The minimum atomic E-state index is 0.306. The second kappa shape index (κ2) is 14.2. The van der Waals surface area contributed by atoms with Gasteiger partial charge in [0.15, 0.2) is 0 Å². The fourth-order valence-corrected chi connectivity index (χ4v) is 0.821. The zero-order valence-corrected chi connectivity index (χ0v) is 12.6. The van der Waals surface area contributed by atoms with Crippen LogP contribution in [0.2, 0.25) is 0 Å². The van der Waals surface area contributed by atoms with Gasteiger partial charge in [0, 0.05) is 13.2 Å². The first-order chi connectivity index (χ1) is 8.49. The molecule has 1 aromatic rings. The van der Waals surface area contributed by atoms with Gasteiger partial charge in [-0.15, -0.1) is 0 Å². The Morgan fingerprint density at radius 1 is 1.00 bits per heavy atom. The van der Waals surface area contributed by atoms with Crippen LogP contribution in [0.4, 0.5) is 0 Å². The number of aryl methyl sites for hydroxylation is 2. The molecule has 2 heteroatoms. The van der Waals surface area contributed by atoms with Crippen LogP contribution in [0, 0.1) is 19.8 Å². The van der Waals surface area contributed by atoms with Gasteiger partial charge in [0.2, 0.25) is 0 Å².